The number of rotatable bonds is 5. The van der Waals surface area contributed by atoms with E-state index in [-0.39, 0.29) is 11.9 Å². The number of nitriles is 1. The molecule has 160 valence electrons. The highest BCUT2D eigenvalue weighted by molar-refractivity contribution is 6.30. The summed E-state index contributed by atoms with van der Waals surface area (Å²) in [5, 5.41) is 12.4. The normalized spacial score (nSPS) is 13.6. The van der Waals surface area contributed by atoms with Gasteiger partial charge in [-0.25, -0.2) is 4.79 Å². The standard InChI is InChI=1S/C25H21ClN4O2/c26-21-11-9-20(10-12-21)24(31)28-22-3-1-4-23(15-22)30-14-2-13-29(25(30)32)17-19-7-5-18(16-27)6-8-19/h1,3-12,15H,2,13-14,17H2,(H,28,31). The first-order valence-corrected chi connectivity index (χ1v) is 10.6. The van der Waals surface area contributed by atoms with Crippen LogP contribution in [-0.2, 0) is 6.54 Å². The van der Waals surface area contributed by atoms with Gasteiger partial charge in [-0.15, -0.1) is 0 Å². The van der Waals surface area contributed by atoms with Crippen molar-refractivity contribution < 1.29 is 9.59 Å². The van der Waals surface area contributed by atoms with Crippen molar-refractivity contribution in [3.8, 4) is 6.07 Å². The highest BCUT2D eigenvalue weighted by Gasteiger charge is 2.27. The molecule has 6 nitrogen and oxygen atoms in total. The molecule has 7 heteroatoms. The first-order valence-electron chi connectivity index (χ1n) is 10.3. The number of amides is 3. The highest BCUT2D eigenvalue weighted by Crippen LogP contribution is 2.25. The molecule has 1 saturated heterocycles. The van der Waals surface area contributed by atoms with E-state index in [0.29, 0.717) is 41.5 Å². The van der Waals surface area contributed by atoms with Gasteiger partial charge in [0.1, 0.15) is 0 Å². The number of nitrogens with zero attached hydrogens (tertiary/aromatic N) is 3. The van der Waals surface area contributed by atoms with Crippen LogP contribution < -0.4 is 10.2 Å². The van der Waals surface area contributed by atoms with E-state index in [9.17, 15) is 9.59 Å². The van der Waals surface area contributed by atoms with Crippen LogP contribution in [0.4, 0.5) is 16.2 Å². The van der Waals surface area contributed by atoms with Crippen molar-refractivity contribution in [2.45, 2.75) is 13.0 Å². The lowest BCUT2D eigenvalue weighted by Gasteiger charge is -2.36. The number of urea groups is 1. The molecule has 0 saturated carbocycles. The third-order valence-corrected chi connectivity index (χ3v) is 5.54. The molecule has 1 aliphatic heterocycles. The molecule has 0 aliphatic carbocycles. The molecule has 0 aromatic heterocycles. The number of nitrogens with one attached hydrogen (secondary N) is 1. The number of anilines is 2. The van der Waals surface area contributed by atoms with Crippen molar-refractivity contribution in [1.29, 1.82) is 5.26 Å². The molecule has 0 atom stereocenters. The minimum Gasteiger partial charge on any atom is -0.322 e. The number of hydrogen-bond acceptors (Lipinski definition) is 3. The molecule has 1 N–H and O–H groups in total. The zero-order valence-electron chi connectivity index (χ0n) is 17.3. The Kier molecular flexibility index (Phi) is 6.39. The van der Waals surface area contributed by atoms with Crippen LogP contribution in [0.25, 0.3) is 0 Å². The molecule has 0 radical (unpaired) electrons. The van der Waals surface area contributed by atoms with Gasteiger partial charge in [-0.1, -0.05) is 29.8 Å². The van der Waals surface area contributed by atoms with Crippen molar-refractivity contribution in [3.63, 3.8) is 0 Å². The minimum absolute atomic E-state index is 0.0817. The smallest absolute Gasteiger partial charge is 0.322 e. The average molecular weight is 445 g/mol. The Hall–Kier alpha value is -3.82. The lowest BCUT2D eigenvalue weighted by atomic mass is 10.1. The third kappa shape index (κ3) is 4.90. The largest absolute Gasteiger partial charge is 0.324 e. The second-order valence-corrected chi connectivity index (χ2v) is 7.97. The summed E-state index contributed by atoms with van der Waals surface area (Å²) in [6.45, 7) is 1.76. The Morgan fingerprint density at radius 2 is 1.78 bits per heavy atom. The van der Waals surface area contributed by atoms with Crippen molar-refractivity contribution in [2.75, 3.05) is 23.3 Å². The molecule has 1 fully saturated rings. The van der Waals surface area contributed by atoms with E-state index in [1.54, 1.807) is 58.3 Å². The molecule has 1 aliphatic rings. The quantitative estimate of drug-likeness (QED) is 0.580. The van der Waals surface area contributed by atoms with Crippen LogP contribution >= 0.6 is 11.6 Å². The summed E-state index contributed by atoms with van der Waals surface area (Å²) >= 11 is 5.89. The van der Waals surface area contributed by atoms with Crippen LogP contribution in [0.1, 0.15) is 27.9 Å². The first kappa shape index (κ1) is 21.4. The van der Waals surface area contributed by atoms with Gasteiger partial charge in [0.2, 0.25) is 0 Å². The van der Waals surface area contributed by atoms with Crippen LogP contribution in [0.5, 0.6) is 0 Å². The van der Waals surface area contributed by atoms with Crippen molar-refractivity contribution in [1.82, 2.24) is 4.90 Å². The monoisotopic (exact) mass is 444 g/mol. The molecule has 4 rings (SSSR count). The van der Waals surface area contributed by atoms with Gasteiger partial charge < -0.3 is 10.2 Å². The number of carbonyl (C=O) groups excluding carboxylic acids is 2. The number of hydrogen-bond donors (Lipinski definition) is 1. The molecule has 1 heterocycles. The Bertz CT molecular complexity index is 1170. The van der Waals surface area contributed by atoms with Crippen LogP contribution in [-0.4, -0.2) is 29.9 Å². The summed E-state index contributed by atoms with van der Waals surface area (Å²) in [6.07, 6.45) is 0.837. The Morgan fingerprint density at radius 3 is 2.50 bits per heavy atom. The van der Waals surface area contributed by atoms with Gasteiger partial charge in [0.15, 0.2) is 0 Å². The molecule has 3 amide bonds. The van der Waals surface area contributed by atoms with E-state index >= 15 is 0 Å². The number of benzene rings is 3. The minimum atomic E-state index is -0.244. The van der Waals surface area contributed by atoms with Crippen molar-refractivity contribution in [3.05, 3.63) is 94.5 Å². The van der Waals surface area contributed by atoms with Crippen LogP contribution in [0.3, 0.4) is 0 Å². The fraction of sp³-hybridized carbons (Fsp3) is 0.160. The van der Waals surface area contributed by atoms with E-state index < -0.39 is 0 Å². The molecular weight excluding hydrogens is 424 g/mol. The van der Waals surface area contributed by atoms with Gasteiger partial charge in [0.05, 0.1) is 11.6 Å². The first-order chi connectivity index (χ1) is 15.5. The molecule has 3 aromatic carbocycles. The van der Waals surface area contributed by atoms with E-state index in [2.05, 4.69) is 11.4 Å². The topological polar surface area (TPSA) is 76.4 Å². The third-order valence-electron chi connectivity index (χ3n) is 5.29. The number of carbonyl (C=O) groups is 2. The SMILES string of the molecule is N#Cc1ccc(CN2CCCN(c3cccc(NC(=O)c4ccc(Cl)cc4)c3)C2=O)cc1. The van der Waals surface area contributed by atoms with Gasteiger partial charge in [0, 0.05) is 41.6 Å². The molecular formula is C25H21ClN4O2. The van der Waals surface area contributed by atoms with Crippen molar-refractivity contribution in [2.24, 2.45) is 0 Å². The molecule has 3 aromatic rings. The van der Waals surface area contributed by atoms with Crippen LogP contribution in [0.15, 0.2) is 72.8 Å². The lowest BCUT2D eigenvalue weighted by molar-refractivity contribution is 0.102. The zero-order chi connectivity index (χ0) is 22.5. The van der Waals surface area contributed by atoms with Gasteiger partial charge in [-0.3, -0.25) is 9.69 Å². The Balaban J connectivity index is 1.46. The summed E-state index contributed by atoms with van der Waals surface area (Å²) in [6, 6.07) is 23.2. The van der Waals surface area contributed by atoms with E-state index in [1.165, 1.54) is 0 Å². The van der Waals surface area contributed by atoms with Gasteiger partial charge in [-0.2, -0.15) is 5.26 Å². The predicted molar refractivity (Wildman–Crippen MR) is 125 cm³/mol. The summed E-state index contributed by atoms with van der Waals surface area (Å²) in [7, 11) is 0. The second kappa shape index (κ2) is 9.54. The maximum atomic E-state index is 13.1. The molecule has 0 spiro atoms. The lowest BCUT2D eigenvalue weighted by Crippen LogP contribution is -2.49. The second-order valence-electron chi connectivity index (χ2n) is 7.53. The Labute approximate surface area is 191 Å². The van der Waals surface area contributed by atoms with Crippen molar-refractivity contribution >= 4 is 34.9 Å². The average Bonchev–Trinajstić information content (AvgIpc) is 2.81. The summed E-state index contributed by atoms with van der Waals surface area (Å²) < 4.78 is 0. The van der Waals surface area contributed by atoms with Gasteiger partial charge >= 0.3 is 6.03 Å². The predicted octanol–water partition coefficient (Wildman–Crippen LogP) is 5.30. The van der Waals surface area contributed by atoms with E-state index in [0.717, 1.165) is 17.7 Å². The van der Waals surface area contributed by atoms with E-state index in [1.807, 2.05) is 24.3 Å². The summed E-state index contributed by atoms with van der Waals surface area (Å²) in [5.41, 5.74) is 3.41. The summed E-state index contributed by atoms with van der Waals surface area (Å²) in [4.78, 5) is 29.2. The zero-order valence-corrected chi connectivity index (χ0v) is 18.0. The van der Waals surface area contributed by atoms with Crippen LogP contribution in [0, 0.1) is 11.3 Å². The maximum Gasteiger partial charge on any atom is 0.324 e. The summed E-state index contributed by atoms with van der Waals surface area (Å²) in [5.74, 6) is -0.244. The fourth-order valence-corrected chi connectivity index (χ4v) is 3.76. The molecule has 0 bridgehead atoms. The highest BCUT2D eigenvalue weighted by atomic mass is 35.5. The molecule has 32 heavy (non-hydrogen) atoms. The molecule has 0 unspecified atom stereocenters. The van der Waals surface area contributed by atoms with Gasteiger partial charge in [0.25, 0.3) is 5.91 Å². The fourth-order valence-electron chi connectivity index (χ4n) is 3.63. The maximum absolute atomic E-state index is 13.1. The van der Waals surface area contributed by atoms with Crippen LogP contribution in [0.2, 0.25) is 5.02 Å². The van der Waals surface area contributed by atoms with Gasteiger partial charge in [-0.05, 0) is 66.6 Å². The van der Waals surface area contributed by atoms with E-state index in [4.69, 9.17) is 16.9 Å². The number of halogens is 1. The Morgan fingerprint density at radius 1 is 1.03 bits per heavy atom.